The largest absolute Gasteiger partial charge is 0.487 e. The van der Waals surface area contributed by atoms with Crippen molar-refractivity contribution in [1.29, 1.82) is 0 Å². The van der Waals surface area contributed by atoms with Crippen LogP contribution in [0.25, 0.3) is 0 Å². The van der Waals surface area contributed by atoms with Crippen molar-refractivity contribution in [2.24, 2.45) is 0 Å². The number of rotatable bonds is 6. The Kier molecular flexibility index (Phi) is 21.0. The third-order valence-corrected chi connectivity index (χ3v) is 7.08. The van der Waals surface area contributed by atoms with Gasteiger partial charge in [-0.05, 0) is 61.1 Å². The van der Waals surface area contributed by atoms with Crippen LogP contribution in [-0.2, 0) is 41.3 Å². The summed E-state index contributed by atoms with van der Waals surface area (Å²) in [5.41, 5.74) is 2.46. The zero-order chi connectivity index (χ0) is 32.3. The molecule has 0 saturated carbocycles. The second kappa shape index (κ2) is 25.5. The third kappa shape index (κ3) is 16.8. The average Bonchev–Trinajstić information content (AvgIpc) is 3.07. The first kappa shape index (κ1) is 37.9. The zero-order valence-electron chi connectivity index (χ0n) is 28.1. The number of benzene rings is 2. The fourth-order valence-corrected chi connectivity index (χ4v) is 4.57. The summed E-state index contributed by atoms with van der Waals surface area (Å²) in [6.45, 7) is 11.7. The molecule has 46 heavy (non-hydrogen) atoms. The van der Waals surface area contributed by atoms with Crippen LogP contribution in [0.15, 0.2) is 36.4 Å². The van der Waals surface area contributed by atoms with Crippen LogP contribution in [-0.4, -0.2) is 106 Å². The van der Waals surface area contributed by atoms with Gasteiger partial charge in [-0.2, -0.15) is 0 Å². The van der Waals surface area contributed by atoms with E-state index in [9.17, 15) is 0 Å². The lowest BCUT2D eigenvalue weighted by molar-refractivity contribution is 0.00248. The molecule has 0 aromatic heterocycles. The molecule has 0 atom stereocenters. The zero-order valence-corrected chi connectivity index (χ0v) is 28.1. The van der Waals surface area contributed by atoms with E-state index in [-0.39, 0.29) is 0 Å². The Labute approximate surface area is 275 Å². The molecule has 0 fully saturated rings. The molecule has 0 bridgehead atoms. The maximum atomic E-state index is 6.04. The second-order valence-corrected chi connectivity index (χ2v) is 10.8. The monoisotopic (exact) mass is 648 g/mol. The van der Waals surface area contributed by atoms with E-state index in [2.05, 4.69) is 38.1 Å². The number of ether oxygens (including phenoxy) is 10. The minimum Gasteiger partial charge on any atom is -0.487 e. The predicted octanol–water partition coefficient (Wildman–Crippen LogP) is 5.70. The second-order valence-electron chi connectivity index (χ2n) is 10.8. The van der Waals surface area contributed by atoms with Crippen molar-refractivity contribution in [1.82, 2.24) is 0 Å². The first-order valence-electron chi connectivity index (χ1n) is 17.0. The molecule has 0 saturated heterocycles. The Balaban J connectivity index is 1.45. The van der Waals surface area contributed by atoms with Gasteiger partial charge in [0, 0.05) is 0 Å². The van der Waals surface area contributed by atoms with E-state index in [1.54, 1.807) is 0 Å². The van der Waals surface area contributed by atoms with Crippen LogP contribution in [0.3, 0.4) is 0 Å². The molecule has 2 aromatic rings. The van der Waals surface area contributed by atoms with Gasteiger partial charge in [-0.1, -0.05) is 38.8 Å². The van der Waals surface area contributed by atoms with Gasteiger partial charge in [-0.3, -0.25) is 0 Å². The van der Waals surface area contributed by atoms with Crippen molar-refractivity contribution in [3.8, 4) is 23.0 Å². The fraction of sp³-hybridized carbons (Fsp3) is 0.667. The van der Waals surface area contributed by atoms with E-state index in [0.717, 1.165) is 50.0 Å². The average molecular weight is 649 g/mol. The van der Waals surface area contributed by atoms with Crippen molar-refractivity contribution < 1.29 is 47.4 Å². The van der Waals surface area contributed by atoms with Crippen LogP contribution in [0, 0.1) is 0 Å². The first-order valence-corrected chi connectivity index (χ1v) is 17.0. The van der Waals surface area contributed by atoms with Gasteiger partial charge < -0.3 is 47.4 Å². The molecule has 1 aliphatic rings. The highest BCUT2D eigenvalue weighted by Gasteiger charge is 2.09. The van der Waals surface area contributed by atoms with Crippen molar-refractivity contribution in [2.75, 3.05) is 106 Å². The van der Waals surface area contributed by atoms with Gasteiger partial charge in [0.05, 0.1) is 79.3 Å². The maximum absolute atomic E-state index is 6.04. The lowest BCUT2D eigenvalue weighted by atomic mass is 10.1. The van der Waals surface area contributed by atoms with E-state index < -0.39 is 0 Å². The molecule has 1 aliphatic heterocycles. The summed E-state index contributed by atoms with van der Waals surface area (Å²) in [6.07, 6.45) is 6.56. The Morgan fingerprint density at radius 3 is 0.957 bits per heavy atom. The van der Waals surface area contributed by atoms with Gasteiger partial charge in [0.2, 0.25) is 0 Å². The maximum Gasteiger partial charge on any atom is 0.161 e. The normalized spacial score (nSPS) is 18.0. The van der Waals surface area contributed by atoms with E-state index in [4.69, 9.17) is 47.4 Å². The molecule has 0 unspecified atom stereocenters. The Bertz CT molecular complexity index is 952. The molecule has 2 aromatic carbocycles. The van der Waals surface area contributed by atoms with Gasteiger partial charge in [0.1, 0.15) is 26.4 Å². The van der Waals surface area contributed by atoms with Crippen LogP contribution in [0.5, 0.6) is 23.0 Å². The van der Waals surface area contributed by atoms with Crippen molar-refractivity contribution in [2.45, 2.75) is 52.4 Å². The minimum atomic E-state index is 0.416. The number of hydrogen-bond donors (Lipinski definition) is 0. The number of unbranched alkanes of at least 4 members (excludes halogenated alkanes) is 2. The van der Waals surface area contributed by atoms with Crippen molar-refractivity contribution in [3.63, 3.8) is 0 Å². The molecule has 3 rings (SSSR count). The highest BCUT2D eigenvalue weighted by molar-refractivity contribution is 5.44. The molecular formula is C36H56O10. The van der Waals surface area contributed by atoms with Crippen LogP contribution >= 0.6 is 0 Å². The molecule has 0 radical (unpaired) electrons. The molecular weight excluding hydrogens is 592 g/mol. The van der Waals surface area contributed by atoms with Gasteiger partial charge in [0.25, 0.3) is 0 Å². The lowest BCUT2D eigenvalue weighted by Crippen LogP contribution is -2.16. The van der Waals surface area contributed by atoms with Crippen LogP contribution < -0.4 is 18.9 Å². The van der Waals surface area contributed by atoms with Gasteiger partial charge in [0.15, 0.2) is 23.0 Å². The molecule has 1 heterocycles. The van der Waals surface area contributed by atoms with Crippen LogP contribution in [0.2, 0.25) is 0 Å². The highest BCUT2D eigenvalue weighted by atomic mass is 16.6. The number of aryl methyl sites for hydroxylation is 2. The van der Waals surface area contributed by atoms with Crippen LogP contribution in [0.4, 0.5) is 0 Å². The summed E-state index contributed by atoms with van der Waals surface area (Å²) in [7, 11) is 0. The van der Waals surface area contributed by atoms with Gasteiger partial charge >= 0.3 is 0 Å². The first-order chi connectivity index (χ1) is 22.8. The summed E-state index contributed by atoms with van der Waals surface area (Å²) in [5.74, 6) is 2.86. The van der Waals surface area contributed by atoms with Crippen LogP contribution in [0.1, 0.15) is 50.7 Å². The minimum absolute atomic E-state index is 0.416. The van der Waals surface area contributed by atoms with E-state index in [1.807, 2.05) is 12.1 Å². The fourth-order valence-electron chi connectivity index (χ4n) is 4.57. The summed E-state index contributed by atoms with van der Waals surface area (Å²) in [5, 5.41) is 0. The topological polar surface area (TPSA) is 92.3 Å². The summed E-state index contributed by atoms with van der Waals surface area (Å²) < 4.78 is 58.1. The van der Waals surface area contributed by atoms with Crippen molar-refractivity contribution >= 4 is 0 Å². The number of fused-ring (bicyclic) bond motifs is 2. The Hall–Kier alpha value is -2.60. The molecule has 0 amide bonds. The van der Waals surface area contributed by atoms with Gasteiger partial charge in [-0.25, -0.2) is 0 Å². The molecule has 0 spiro atoms. The molecule has 0 aliphatic carbocycles. The summed E-state index contributed by atoms with van der Waals surface area (Å²) in [6, 6.07) is 12.3. The quantitative estimate of drug-likeness (QED) is 0.389. The Morgan fingerprint density at radius 1 is 0.370 bits per heavy atom. The van der Waals surface area contributed by atoms with E-state index >= 15 is 0 Å². The number of hydrogen-bond acceptors (Lipinski definition) is 10. The SMILES string of the molecule is CCCCc1ccc2c(c1)OCCOCCOCCOCCOc1ccc(CCCC)cc1OCCOCCOCCOCCO2. The lowest BCUT2D eigenvalue weighted by Gasteiger charge is -2.15. The molecule has 260 valence electrons. The Morgan fingerprint density at radius 2 is 0.652 bits per heavy atom. The molecule has 0 N–H and O–H groups in total. The molecule has 10 heteroatoms. The molecule has 10 nitrogen and oxygen atoms in total. The van der Waals surface area contributed by atoms with E-state index in [1.165, 1.54) is 11.1 Å². The summed E-state index contributed by atoms with van der Waals surface area (Å²) in [4.78, 5) is 0. The standard InChI is InChI=1S/C36H56O10/c1-3-5-7-31-9-11-33-35(29-31)45-27-23-41-19-15-37-14-18-40-22-26-44-34-12-10-32(8-6-4-2)30-36(34)46-28-24-42-20-16-38-13-17-39-21-25-43-33/h9-12,29-30H,3-8,13-28H2,1-2H3. The smallest absolute Gasteiger partial charge is 0.161 e. The van der Waals surface area contributed by atoms with Gasteiger partial charge in [-0.15, -0.1) is 0 Å². The van der Waals surface area contributed by atoms with E-state index in [0.29, 0.717) is 117 Å². The highest BCUT2D eigenvalue weighted by Crippen LogP contribution is 2.30. The summed E-state index contributed by atoms with van der Waals surface area (Å²) >= 11 is 0. The van der Waals surface area contributed by atoms with Crippen molar-refractivity contribution in [3.05, 3.63) is 47.5 Å². The predicted molar refractivity (Wildman–Crippen MR) is 177 cm³/mol. The third-order valence-electron chi connectivity index (χ3n) is 7.08.